The Morgan fingerprint density at radius 2 is 1.94 bits per heavy atom. The van der Waals surface area contributed by atoms with E-state index in [-0.39, 0.29) is 17.7 Å². The fraction of sp³-hybridized carbons (Fsp3) is 0.250. The fourth-order valence-electron chi connectivity index (χ4n) is 4.46. The SMILES string of the molecule is COc1cccc2c1O[C@@]1(C)C[C@H]2N(C(=O)c2ccc(Br)o2)C(=S)N1c1ccc(C)cc1. The number of para-hydroxylation sites is 1. The predicted molar refractivity (Wildman–Crippen MR) is 128 cm³/mol. The highest BCUT2D eigenvalue weighted by molar-refractivity contribution is 9.10. The lowest BCUT2D eigenvalue weighted by atomic mass is 9.88. The molecule has 2 atom stereocenters. The van der Waals surface area contributed by atoms with Gasteiger partial charge in [-0.05, 0) is 72.3 Å². The van der Waals surface area contributed by atoms with E-state index in [0.29, 0.717) is 27.7 Å². The molecular weight excluding hydrogens is 492 g/mol. The van der Waals surface area contributed by atoms with Gasteiger partial charge in [0.15, 0.2) is 32.8 Å². The topological polar surface area (TPSA) is 55.2 Å². The summed E-state index contributed by atoms with van der Waals surface area (Å²) >= 11 is 9.21. The normalized spacial score (nSPS) is 21.8. The number of benzene rings is 2. The Balaban J connectivity index is 1.70. The van der Waals surface area contributed by atoms with Crippen molar-refractivity contribution in [3.05, 3.63) is 76.2 Å². The van der Waals surface area contributed by atoms with Crippen LogP contribution in [0.3, 0.4) is 0 Å². The number of ether oxygens (including phenoxy) is 2. The molecule has 3 aromatic rings. The molecule has 1 aromatic heterocycles. The summed E-state index contributed by atoms with van der Waals surface area (Å²) in [5.41, 5.74) is 2.02. The molecule has 164 valence electrons. The van der Waals surface area contributed by atoms with Crippen LogP contribution in [0.25, 0.3) is 0 Å². The molecule has 32 heavy (non-hydrogen) atoms. The van der Waals surface area contributed by atoms with E-state index in [1.807, 2.05) is 61.2 Å². The molecule has 1 amide bonds. The third-order valence-corrected chi connectivity index (χ3v) is 6.76. The van der Waals surface area contributed by atoms with Crippen molar-refractivity contribution in [3.63, 3.8) is 0 Å². The highest BCUT2D eigenvalue weighted by Gasteiger charge is 2.54. The van der Waals surface area contributed by atoms with Crippen molar-refractivity contribution in [2.75, 3.05) is 12.0 Å². The molecule has 1 saturated heterocycles. The van der Waals surface area contributed by atoms with Gasteiger partial charge in [-0.25, -0.2) is 0 Å². The zero-order valence-electron chi connectivity index (χ0n) is 17.8. The van der Waals surface area contributed by atoms with Crippen molar-refractivity contribution in [2.45, 2.75) is 32.0 Å². The minimum atomic E-state index is -0.806. The average Bonchev–Trinajstić information content (AvgIpc) is 3.20. The number of anilines is 1. The molecule has 0 unspecified atom stereocenters. The number of thiocarbonyl (C=S) groups is 1. The molecule has 0 radical (unpaired) electrons. The first kappa shape index (κ1) is 21.0. The number of carbonyl (C=O) groups excluding carboxylic acids is 1. The fourth-order valence-corrected chi connectivity index (χ4v) is 5.28. The van der Waals surface area contributed by atoms with Gasteiger partial charge in [0.25, 0.3) is 5.91 Å². The smallest absolute Gasteiger partial charge is 0.296 e. The van der Waals surface area contributed by atoms with Crippen LogP contribution in [0, 0.1) is 6.92 Å². The van der Waals surface area contributed by atoms with E-state index >= 15 is 0 Å². The second-order valence-electron chi connectivity index (χ2n) is 8.11. The Hall–Kier alpha value is -2.84. The van der Waals surface area contributed by atoms with Gasteiger partial charge >= 0.3 is 0 Å². The summed E-state index contributed by atoms with van der Waals surface area (Å²) in [5, 5.41) is 0.360. The minimum Gasteiger partial charge on any atom is -0.493 e. The summed E-state index contributed by atoms with van der Waals surface area (Å²) in [5.74, 6) is 1.14. The zero-order valence-corrected chi connectivity index (χ0v) is 20.2. The lowest BCUT2D eigenvalue weighted by Gasteiger charge is -2.55. The third kappa shape index (κ3) is 3.20. The number of aryl methyl sites for hydroxylation is 1. The van der Waals surface area contributed by atoms with Gasteiger partial charge in [-0.1, -0.05) is 29.8 Å². The third-order valence-electron chi connectivity index (χ3n) is 5.96. The number of amides is 1. The molecule has 2 aliphatic rings. The van der Waals surface area contributed by atoms with E-state index in [1.165, 1.54) is 0 Å². The predicted octanol–water partition coefficient (Wildman–Crippen LogP) is 5.85. The van der Waals surface area contributed by atoms with E-state index in [1.54, 1.807) is 24.1 Å². The van der Waals surface area contributed by atoms with E-state index < -0.39 is 5.72 Å². The molecule has 0 aliphatic carbocycles. The van der Waals surface area contributed by atoms with Crippen LogP contribution in [0.15, 0.2) is 63.7 Å². The Labute approximate surface area is 199 Å². The Morgan fingerprint density at radius 3 is 2.59 bits per heavy atom. The summed E-state index contributed by atoms with van der Waals surface area (Å²) in [4.78, 5) is 17.2. The van der Waals surface area contributed by atoms with Gasteiger partial charge in [-0.2, -0.15) is 0 Å². The number of carbonyl (C=O) groups is 1. The summed E-state index contributed by atoms with van der Waals surface area (Å²) in [6.45, 7) is 4.02. The summed E-state index contributed by atoms with van der Waals surface area (Å²) in [6.07, 6.45) is 0.523. The molecule has 2 aromatic carbocycles. The van der Waals surface area contributed by atoms with E-state index in [2.05, 4.69) is 15.9 Å². The maximum Gasteiger partial charge on any atom is 0.296 e. The first-order valence-electron chi connectivity index (χ1n) is 10.2. The highest BCUT2D eigenvalue weighted by Crippen LogP contribution is 2.52. The molecular formula is C24H21BrN2O4S. The van der Waals surface area contributed by atoms with Crippen molar-refractivity contribution in [1.82, 2.24) is 4.90 Å². The van der Waals surface area contributed by atoms with Crippen LogP contribution in [-0.2, 0) is 0 Å². The van der Waals surface area contributed by atoms with Crippen LogP contribution in [0.5, 0.6) is 11.5 Å². The summed E-state index contributed by atoms with van der Waals surface area (Å²) in [7, 11) is 1.61. The van der Waals surface area contributed by atoms with Crippen molar-refractivity contribution in [1.29, 1.82) is 0 Å². The first-order valence-corrected chi connectivity index (χ1v) is 11.4. The number of rotatable bonds is 3. The first-order chi connectivity index (χ1) is 15.3. The summed E-state index contributed by atoms with van der Waals surface area (Å²) in [6, 6.07) is 16.7. The maximum absolute atomic E-state index is 13.6. The van der Waals surface area contributed by atoms with Gasteiger partial charge in [0, 0.05) is 17.7 Å². The monoisotopic (exact) mass is 512 g/mol. The maximum atomic E-state index is 13.6. The Bertz CT molecular complexity index is 1220. The molecule has 0 saturated carbocycles. The molecule has 8 heteroatoms. The molecule has 5 rings (SSSR count). The lowest BCUT2D eigenvalue weighted by Crippen LogP contribution is -2.67. The number of fused-ring (bicyclic) bond motifs is 4. The number of halogens is 1. The van der Waals surface area contributed by atoms with E-state index in [0.717, 1.165) is 16.8 Å². The van der Waals surface area contributed by atoms with Crippen molar-refractivity contribution >= 4 is 44.9 Å². The van der Waals surface area contributed by atoms with Crippen LogP contribution in [-0.4, -0.2) is 28.8 Å². The highest BCUT2D eigenvalue weighted by atomic mass is 79.9. The largest absolute Gasteiger partial charge is 0.493 e. The molecule has 2 aliphatic heterocycles. The van der Waals surface area contributed by atoms with Gasteiger partial charge in [0.2, 0.25) is 0 Å². The van der Waals surface area contributed by atoms with Gasteiger partial charge in [-0.3, -0.25) is 14.6 Å². The van der Waals surface area contributed by atoms with Crippen molar-refractivity contribution in [2.24, 2.45) is 0 Å². The number of furan rings is 1. The molecule has 3 heterocycles. The van der Waals surface area contributed by atoms with Crippen molar-refractivity contribution in [3.8, 4) is 11.5 Å². The van der Waals surface area contributed by atoms with E-state index in [9.17, 15) is 4.79 Å². The van der Waals surface area contributed by atoms with E-state index in [4.69, 9.17) is 26.1 Å². The summed E-state index contributed by atoms with van der Waals surface area (Å²) < 4.78 is 18.2. The number of nitrogens with zero attached hydrogens (tertiary/aromatic N) is 2. The van der Waals surface area contributed by atoms with Crippen LogP contribution >= 0.6 is 28.1 Å². The van der Waals surface area contributed by atoms with Crippen LogP contribution < -0.4 is 14.4 Å². The Kier molecular flexibility index (Phi) is 5.02. The molecule has 1 fully saturated rings. The van der Waals surface area contributed by atoms with Gasteiger partial charge in [0.05, 0.1) is 13.2 Å². The lowest BCUT2D eigenvalue weighted by molar-refractivity contribution is 0.0152. The standard InChI is InChI=1S/C24H21BrN2O4S/c1-14-7-9-15(10-8-14)27-23(32)26(22(28)19-11-12-20(25)30-19)17-13-24(27,2)31-21-16(17)5-4-6-18(21)29-3/h4-12,17H,13H2,1-3H3/t17-,24+/m1/s1. The van der Waals surface area contributed by atoms with Crippen molar-refractivity contribution < 1.29 is 18.7 Å². The van der Waals surface area contributed by atoms with Gasteiger partial charge in [0.1, 0.15) is 0 Å². The quantitative estimate of drug-likeness (QED) is 0.410. The number of hydrogen-bond donors (Lipinski definition) is 0. The molecule has 0 N–H and O–H groups in total. The minimum absolute atomic E-state index is 0.211. The molecule has 2 bridgehead atoms. The second kappa shape index (κ2) is 7.64. The Morgan fingerprint density at radius 1 is 1.19 bits per heavy atom. The van der Waals surface area contributed by atoms with Gasteiger partial charge in [-0.15, -0.1) is 0 Å². The zero-order chi connectivity index (χ0) is 22.6. The molecule has 6 nitrogen and oxygen atoms in total. The molecule has 0 spiro atoms. The number of hydrogen-bond acceptors (Lipinski definition) is 5. The second-order valence-corrected chi connectivity index (χ2v) is 9.25. The number of methoxy groups -OCH3 is 1. The van der Waals surface area contributed by atoms with Gasteiger partial charge < -0.3 is 13.9 Å². The van der Waals surface area contributed by atoms with Crippen LogP contribution in [0.2, 0.25) is 0 Å². The van der Waals surface area contributed by atoms with Crippen LogP contribution in [0.4, 0.5) is 5.69 Å². The van der Waals surface area contributed by atoms with Crippen LogP contribution in [0.1, 0.15) is 41.1 Å². The average molecular weight is 513 g/mol.